The number of unbranched alkanes of at least 4 members (excludes halogenated alkanes) is 1. The maximum atomic E-state index is 7.09. The standard InChI is InChI=1S/C27H54O2Si3/c1-11-18-23-26(28-31(12-2,13-3)14-4)27(29-32(15-5,16-6)17-7)24-21-19-20-22-25-30(8,9)10/h19-21,24,26-27H,11-18,23H2,1-10H3/b20-19+,24-21+/t26-,27+/m0/s1. The van der Waals surface area contributed by atoms with E-state index in [0.29, 0.717) is 0 Å². The van der Waals surface area contributed by atoms with Crippen LogP contribution >= 0.6 is 0 Å². The molecule has 2 atom stereocenters. The van der Waals surface area contributed by atoms with E-state index in [2.05, 4.69) is 97.8 Å². The Balaban J connectivity index is 5.98. The van der Waals surface area contributed by atoms with Gasteiger partial charge in [0.2, 0.25) is 0 Å². The normalized spacial score (nSPS) is 15.2. The zero-order valence-corrected chi connectivity index (χ0v) is 26.1. The molecule has 0 N–H and O–H groups in total. The Bertz CT molecular complexity index is 586. The monoisotopic (exact) mass is 494 g/mol. The fourth-order valence-electron chi connectivity index (χ4n) is 4.08. The van der Waals surface area contributed by atoms with Crippen molar-refractivity contribution >= 4 is 24.7 Å². The third kappa shape index (κ3) is 11.7. The van der Waals surface area contributed by atoms with Crippen LogP contribution in [0.2, 0.25) is 55.9 Å². The molecule has 0 saturated heterocycles. The molecule has 32 heavy (non-hydrogen) atoms. The van der Waals surface area contributed by atoms with Gasteiger partial charge in [-0.1, -0.05) is 105 Å². The quantitative estimate of drug-likeness (QED) is 0.121. The Hall–Kier alpha value is -0.389. The molecule has 0 aliphatic rings. The molecule has 0 radical (unpaired) electrons. The van der Waals surface area contributed by atoms with Crippen LogP contribution in [0.4, 0.5) is 0 Å². The second-order valence-corrected chi connectivity index (χ2v) is 24.3. The summed E-state index contributed by atoms with van der Waals surface area (Å²) in [5.41, 5.74) is 3.40. The summed E-state index contributed by atoms with van der Waals surface area (Å²) in [5.74, 6) is 3.23. The highest BCUT2D eigenvalue weighted by atomic mass is 28.4. The Kier molecular flexibility index (Phi) is 16.1. The van der Waals surface area contributed by atoms with Gasteiger partial charge in [0.05, 0.1) is 12.2 Å². The van der Waals surface area contributed by atoms with E-state index in [1.165, 1.54) is 49.1 Å². The second-order valence-electron chi connectivity index (χ2n) is 10.1. The van der Waals surface area contributed by atoms with Gasteiger partial charge in [0.1, 0.15) is 8.07 Å². The molecule has 0 saturated carbocycles. The molecule has 0 rings (SSSR count). The third-order valence-electron chi connectivity index (χ3n) is 6.90. The number of hydrogen-bond donors (Lipinski definition) is 0. The van der Waals surface area contributed by atoms with Crippen LogP contribution in [0.3, 0.4) is 0 Å². The predicted molar refractivity (Wildman–Crippen MR) is 153 cm³/mol. The molecule has 0 bridgehead atoms. The lowest BCUT2D eigenvalue weighted by atomic mass is 10.1. The van der Waals surface area contributed by atoms with Gasteiger partial charge in [-0.15, -0.1) is 5.54 Å². The molecule has 0 aromatic rings. The molecule has 0 aliphatic heterocycles. The van der Waals surface area contributed by atoms with E-state index in [0.717, 1.165) is 6.42 Å². The highest BCUT2D eigenvalue weighted by Gasteiger charge is 2.38. The third-order valence-corrected chi connectivity index (χ3v) is 17.1. The molecular formula is C27H54O2Si3. The van der Waals surface area contributed by atoms with Crippen LogP contribution in [0.5, 0.6) is 0 Å². The second kappa shape index (κ2) is 16.3. The fraction of sp³-hybridized carbons (Fsp3) is 0.778. The van der Waals surface area contributed by atoms with Crippen molar-refractivity contribution in [1.82, 2.24) is 0 Å². The Labute approximate surface area is 204 Å². The van der Waals surface area contributed by atoms with Gasteiger partial charge in [-0.25, -0.2) is 0 Å². The molecule has 0 aromatic carbocycles. The fourth-order valence-corrected chi connectivity index (χ4v) is 10.3. The van der Waals surface area contributed by atoms with Gasteiger partial charge in [-0.3, -0.25) is 0 Å². The molecule has 5 heteroatoms. The highest BCUT2D eigenvalue weighted by molar-refractivity contribution is 6.83. The lowest BCUT2D eigenvalue weighted by Gasteiger charge is -2.40. The van der Waals surface area contributed by atoms with Gasteiger partial charge in [-0.05, 0) is 48.8 Å². The lowest BCUT2D eigenvalue weighted by molar-refractivity contribution is 0.0597. The summed E-state index contributed by atoms with van der Waals surface area (Å²) in [5, 5.41) is 0. The minimum atomic E-state index is -1.75. The first-order valence-electron chi connectivity index (χ1n) is 13.3. The van der Waals surface area contributed by atoms with Crippen molar-refractivity contribution in [3.05, 3.63) is 24.3 Å². The summed E-state index contributed by atoms with van der Waals surface area (Å²) in [4.78, 5) is 0. The molecular weight excluding hydrogens is 441 g/mol. The van der Waals surface area contributed by atoms with Gasteiger partial charge in [0.25, 0.3) is 0 Å². The summed E-state index contributed by atoms with van der Waals surface area (Å²) in [6.07, 6.45) is 12.2. The maximum Gasteiger partial charge on any atom is 0.193 e. The average Bonchev–Trinajstić information content (AvgIpc) is 2.78. The van der Waals surface area contributed by atoms with Crippen molar-refractivity contribution in [2.75, 3.05) is 0 Å². The molecule has 0 spiro atoms. The van der Waals surface area contributed by atoms with Gasteiger partial charge >= 0.3 is 0 Å². The largest absolute Gasteiger partial charge is 0.411 e. The Morgan fingerprint density at radius 2 is 1.22 bits per heavy atom. The van der Waals surface area contributed by atoms with E-state index < -0.39 is 24.7 Å². The SMILES string of the molecule is CCCC[C@H](O[Si](CC)(CC)CC)[C@@H](/C=C/C=C/C#C[Si](C)(C)C)O[Si](CC)(CC)CC. The Morgan fingerprint density at radius 3 is 1.66 bits per heavy atom. The maximum absolute atomic E-state index is 7.09. The van der Waals surface area contributed by atoms with Crippen molar-refractivity contribution in [3.8, 4) is 11.5 Å². The zero-order chi connectivity index (χ0) is 24.7. The molecule has 0 amide bonds. The Morgan fingerprint density at radius 1 is 0.719 bits per heavy atom. The van der Waals surface area contributed by atoms with E-state index >= 15 is 0 Å². The van der Waals surface area contributed by atoms with Crippen LogP contribution in [-0.2, 0) is 8.85 Å². The smallest absolute Gasteiger partial charge is 0.193 e. The molecule has 2 nitrogen and oxygen atoms in total. The summed E-state index contributed by atoms with van der Waals surface area (Å²) in [6, 6.07) is 7.05. The van der Waals surface area contributed by atoms with Crippen molar-refractivity contribution in [2.45, 2.75) is 136 Å². The average molecular weight is 495 g/mol. The van der Waals surface area contributed by atoms with E-state index in [9.17, 15) is 0 Å². The summed E-state index contributed by atoms with van der Waals surface area (Å²) in [6.45, 7) is 23.0. The molecule has 186 valence electrons. The summed E-state index contributed by atoms with van der Waals surface area (Å²) in [7, 11) is -4.79. The lowest BCUT2D eigenvalue weighted by Crippen LogP contribution is -2.48. The zero-order valence-electron chi connectivity index (χ0n) is 23.1. The van der Waals surface area contributed by atoms with Crippen molar-refractivity contribution in [3.63, 3.8) is 0 Å². The van der Waals surface area contributed by atoms with Gasteiger partial charge in [0.15, 0.2) is 16.6 Å². The molecule has 0 aromatic heterocycles. The molecule has 0 aliphatic carbocycles. The van der Waals surface area contributed by atoms with Crippen LogP contribution < -0.4 is 0 Å². The molecule has 0 unspecified atom stereocenters. The number of allylic oxidation sites excluding steroid dienone is 3. The van der Waals surface area contributed by atoms with Crippen molar-refractivity contribution < 1.29 is 8.85 Å². The number of hydrogen-bond acceptors (Lipinski definition) is 2. The minimum absolute atomic E-state index is 0.0409. The summed E-state index contributed by atoms with van der Waals surface area (Å²) < 4.78 is 14.2. The van der Waals surface area contributed by atoms with Crippen LogP contribution in [0.15, 0.2) is 24.3 Å². The van der Waals surface area contributed by atoms with Crippen LogP contribution in [-0.4, -0.2) is 36.9 Å². The van der Waals surface area contributed by atoms with Gasteiger partial charge < -0.3 is 8.85 Å². The van der Waals surface area contributed by atoms with E-state index in [4.69, 9.17) is 8.85 Å². The van der Waals surface area contributed by atoms with Crippen molar-refractivity contribution in [1.29, 1.82) is 0 Å². The first kappa shape index (κ1) is 31.6. The first-order valence-corrected chi connectivity index (χ1v) is 21.9. The van der Waals surface area contributed by atoms with Gasteiger partial charge in [0, 0.05) is 0 Å². The van der Waals surface area contributed by atoms with Crippen molar-refractivity contribution in [2.24, 2.45) is 0 Å². The first-order chi connectivity index (χ1) is 15.1. The van der Waals surface area contributed by atoms with Crippen LogP contribution in [0, 0.1) is 11.5 Å². The summed E-state index contributed by atoms with van der Waals surface area (Å²) >= 11 is 0. The topological polar surface area (TPSA) is 18.5 Å². The van der Waals surface area contributed by atoms with E-state index in [-0.39, 0.29) is 12.2 Å². The minimum Gasteiger partial charge on any atom is -0.411 e. The van der Waals surface area contributed by atoms with E-state index in [1.807, 2.05) is 6.08 Å². The molecule has 0 heterocycles. The number of rotatable bonds is 16. The molecule has 0 fully saturated rings. The predicted octanol–water partition coefficient (Wildman–Crippen LogP) is 8.95. The van der Waals surface area contributed by atoms with Gasteiger partial charge in [-0.2, -0.15) is 0 Å². The van der Waals surface area contributed by atoms with E-state index in [1.54, 1.807) is 0 Å². The van der Waals surface area contributed by atoms with Crippen LogP contribution in [0.25, 0.3) is 0 Å². The van der Waals surface area contributed by atoms with Crippen LogP contribution in [0.1, 0.15) is 67.7 Å². The highest BCUT2D eigenvalue weighted by Crippen LogP contribution is 2.31.